The van der Waals surface area contributed by atoms with Crippen molar-refractivity contribution in [3.63, 3.8) is 0 Å². The number of hydrogen-bond acceptors (Lipinski definition) is 4. The third-order valence-corrected chi connectivity index (χ3v) is 1.70. The van der Waals surface area contributed by atoms with E-state index in [0.29, 0.717) is 4.73 Å². The van der Waals surface area contributed by atoms with E-state index in [9.17, 15) is 5.21 Å². The van der Waals surface area contributed by atoms with Crippen molar-refractivity contribution in [2.75, 3.05) is 0 Å². The predicted octanol–water partition coefficient (Wildman–Crippen LogP) is 1.13. The van der Waals surface area contributed by atoms with Gasteiger partial charge in [0, 0.05) is 0 Å². The third-order valence-electron chi connectivity index (χ3n) is 1.19. The van der Waals surface area contributed by atoms with Gasteiger partial charge in [-0.25, -0.2) is 4.98 Å². The molecule has 0 fully saturated rings. The summed E-state index contributed by atoms with van der Waals surface area (Å²) in [5.41, 5.74) is -0.436. The van der Waals surface area contributed by atoms with E-state index >= 15 is 0 Å². The Hall–Kier alpha value is -0.520. The van der Waals surface area contributed by atoms with Crippen LogP contribution in [0.4, 0.5) is 0 Å². The van der Waals surface area contributed by atoms with Crippen LogP contribution in [-0.2, 0) is 3.79 Å². The average Bonchev–Trinajstić information content (AvgIpc) is 1.94. The minimum absolute atomic E-state index is 0.247. The van der Waals surface area contributed by atoms with Crippen molar-refractivity contribution in [1.29, 1.82) is 5.41 Å². The minimum atomic E-state index is -1.88. The molecule has 0 aliphatic carbocycles. The molecule has 0 bridgehead atoms. The lowest BCUT2D eigenvalue weighted by Crippen LogP contribution is -2.30. The molecule has 5 nitrogen and oxygen atoms in total. The number of aryl methyl sites for hydroxylation is 1. The second-order valence-corrected chi connectivity index (χ2v) is 4.51. The summed E-state index contributed by atoms with van der Waals surface area (Å²) in [5.74, 6) is -0.00775. The summed E-state index contributed by atoms with van der Waals surface area (Å²) in [4.78, 5) is 7.23. The number of hydrogen-bond donors (Lipinski definition) is 2. The van der Waals surface area contributed by atoms with E-state index < -0.39 is 9.41 Å². The van der Waals surface area contributed by atoms with Gasteiger partial charge in [0.2, 0.25) is 5.82 Å². The van der Waals surface area contributed by atoms with Crippen LogP contribution in [0.25, 0.3) is 0 Å². The molecule has 2 N–H and O–H groups in total. The van der Waals surface area contributed by atoms with Gasteiger partial charge in [0.05, 0.1) is 0 Å². The molecular weight excluding hydrogens is 238 g/mol. The van der Waals surface area contributed by atoms with Gasteiger partial charge in [0.15, 0.2) is 0 Å². The Morgan fingerprint density at radius 3 is 2.38 bits per heavy atom. The average molecular weight is 243 g/mol. The number of alkyl halides is 3. The molecule has 1 heterocycles. The quantitative estimate of drug-likeness (QED) is 0.530. The Labute approximate surface area is 88.4 Å². The number of aromatic nitrogens is 3. The van der Waals surface area contributed by atoms with Crippen molar-refractivity contribution in [2.45, 2.75) is 10.7 Å². The lowest BCUT2D eigenvalue weighted by Gasteiger charge is -2.12. The molecule has 13 heavy (non-hydrogen) atoms. The molecule has 0 amide bonds. The van der Waals surface area contributed by atoms with Crippen LogP contribution in [0, 0.1) is 12.3 Å². The van der Waals surface area contributed by atoms with Gasteiger partial charge in [0.25, 0.3) is 9.41 Å². The van der Waals surface area contributed by atoms with Crippen molar-refractivity contribution < 1.29 is 5.21 Å². The van der Waals surface area contributed by atoms with E-state index in [-0.39, 0.29) is 11.6 Å². The summed E-state index contributed by atoms with van der Waals surface area (Å²) in [6.07, 6.45) is 0. The van der Waals surface area contributed by atoms with Crippen LogP contribution in [0.5, 0.6) is 0 Å². The third kappa shape index (κ3) is 2.24. The van der Waals surface area contributed by atoms with Crippen LogP contribution in [0.2, 0.25) is 0 Å². The van der Waals surface area contributed by atoms with Crippen molar-refractivity contribution >= 4 is 34.8 Å². The first-order valence-corrected chi connectivity index (χ1v) is 4.24. The number of nitrogens with one attached hydrogen (secondary N) is 1. The Morgan fingerprint density at radius 1 is 1.38 bits per heavy atom. The van der Waals surface area contributed by atoms with Crippen LogP contribution < -0.4 is 5.62 Å². The maximum Gasteiger partial charge on any atom is 0.259 e. The lowest BCUT2D eigenvalue weighted by atomic mass is 10.6. The Morgan fingerprint density at radius 2 is 1.92 bits per heavy atom. The van der Waals surface area contributed by atoms with Crippen LogP contribution >= 0.6 is 34.8 Å². The van der Waals surface area contributed by atoms with E-state index in [2.05, 4.69) is 9.97 Å². The Balaban J connectivity index is 3.46. The van der Waals surface area contributed by atoms with Crippen molar-refractivity contribution in [2.24, 2.45) is 0 Å². The normalized spacial score (nSPS) is 11.7. The topological polar surface area (TPSA) is 74.8 Å². The zero-order valence-electron chi connectivity index (χ0n) is 6.42. The fourth-order valence-electron chi connectivity index (χ4n) is 0.710. The van der Waals surface area contributed by atoms with E-state index in [4.69, 9.17) is 40.2 Å². The molecule has 0 saturated heterocycles. The Bertz CT molecular complexity index is 382. The molecule has 0 spiro atoms. The smallest absolute Gasteiger partial charge is 0.259 e. The first-order chi connectivity index (χ1) is 5.82. The zero-order chi connectivity index (χ0) is 10.2. The molecule has 0 atom stereocenters. The molecule has 0 radical (unpaired) electrons. The SMILES string of the molecule is Cc1nc(C(Cl)(Cl)Cl)n(O)c(=N)n1. The zero-order valence-corrected chi connectivity index (χ0v) is 8.69. The highest BCUT2D eigenvalue weighted by Gasteiger charge is 2.29. The van der Waals surface area contributed by atoms with E-state index in [1.807, 2.05) is 0 Å². The maximum absolute atomic E-state index is 9.21. The number of nitrogens with zero attached hydrogens (tertiary/aromatic N) is 3. The maximum atomic E-state index is 9.21. The van der Waals surface area contributed by atoms with E-state index in [1.165, 1.54) is 6.92 Å². The number of rotatable bonds is 0. The molecule has 0 aliphatic rings. The highest BCUT2D eigenvalue weighted by Crippen LogP contribution is 2.35. The number of halogens is 3. The van der Waals surface area contributed by atoms with E-state index in [0.717, 1.165) is 0 Å². The highest BCUT2D eigenvalue weighted by atomic mass is 35.6. The Kier molecular flexibility index (Phi) is 2.70. The summed E-state index contributed by atoms with van der Waals surface area (Å²) in [6, 6.07) is 0. The summed E-state index contributed by atoms with van der Waals surface area (Å²) < 4.78 is -1.56. The largest absolute Gasteiger partial charge is 0.424 e. The monoisotopic (exact) mass is 242 g/mol. The van der Waals surface area contributed by atoms with Crippen LogP contribution in [0.3, 0.4) is 0 Å². The fraction of sp³-hybridized carbons (Fsp3) is 0.400. The summed E-state index contributed by atoms with van der Waals surface area (Å²) >= 11 is 16.5. The summed E-state index contributed by atoms with van der Waals surface area (Å²) in [5, 5.41) is 16.4. The standard InChI is InChI=1S/C5H5Cl3N4O/c1-2-10-3(5(6,7)8)12(13)4(9)11-2/h9,13H,1H3. The minimum Gasteiger partial charge on any atom is -0.424 e. The molecule has 1 rings (SSSR count). The first kappa shape index (κ1) is 10.6. The molecule has 1 aromatic rings. The second-order valence-electron chi connectivity index (χ2n) is 2.23. The van der Waals surface area contributed by atoms with Gasteiger partial charge in [-0.15, -0.1) is 4.73 Å². The molecule has 72 valence electrons. The molecule has 0 aromatic carbocycles. The van der Waals surface area contributed by atoms with Gasteiger partial charge in [-0.1, -0.05) is 34.8 Å². The van der Waals surface area contributed by atoms with Gasteiger partial charge in [-0.2, -0.15) is 4.98 Å². The first-order valence-electron chi connectivity index (χ1n) is 3.11. The van der Waals surface area contributed by atoms with Gasteiger partial charge >= 0.3 is 0 Å². The van der Waals surface area contributed by atoms with Gasteiger partial charge in [-0.3, -0.25) is 5.41 Å². The summed E-state index contributed by atoms with van der Waals surface area (Å²) in [7, 11) is 0. The van der Waals surface area contributed by atoms with Crippen molar-refractivity contribution in [3.8, 4) is 0 Å². The summed E-state index contributed by atoms with van der Waals surface area (Å²) in [6.45, 7) is 1.53. The molecule has 8 heteroatoms. The van der Waals surface area contributed by atoms with E-state index in [1.54, 1.807) is 0 Å². The van der Waals surface area contributed by atoms with Gasteiger partial charge < -0.3 is 5.21 Å². The molecule has 0 aliphatic heterocycles. The second kappa shape index (κ2) is 3.32. The molecule has 0 saturated carbocycles. The molecule has 1 aromatic heterocycles. The highest BCUT2D eigenvalue weighted by molar-refractivity contribution is 6.66. The lowest BCUT2D eigenvalue weighted by molar-refractivity contribution is 0.149. The van der Waals surface area contributed by atoms with Crippen LogP contribution in [0.15, 0.2) is 0 Å². The molecular formula is C5H5Cl3N4O. The molecule has 0 unspecified atom stereocenters. The predicted molar refractivity (Wildman–Crippen MR) is 47.0 cm³/mol. The van der Waals surface area contributed by atoms with Crippen LogP contribution in [-0.4, -0.2) is 19.9 Å². The van der Waals surface area contributed by atoms with Crippen molar-refractivity contribution in [1.82, 2.24) is 14.7 Å². The van der Waals surface area contributed by atoms with Crippen LogP contribution in [0.1, 0.15) is 11.6 Å². The van der Waals surface area contributed by atoms with Crippen molar-refractivity contribution in [3.05, 3.63) is 17.3 Å². The van der Waals surface area contributed by atoms with Gasteiger partial charge in [0.1, 0.15) is 5.82 Å². The van der Waals surface area contributed by atoms with Gasteiger partial charge in [-0.05, 0) is 6.92 Å². The fourth-order valence-corrected chi connectivity index (χ4v) is 1.08.